The molecule has 0 saturated heterocycles. The lowest BCUT2D eigenvalue weighted by atomic mass is 10.1. The number of hydrogen-bond donors (Lipinski definition) is 0. The molecule has 3 aromatic rings. The summed E-state index contributed by atoms with van der Waals surface area (Å²) in [4.78, 5) is 0. The summed E-state index contributed by atoms with van der Waals surface area (Å²) in [5.74, 6) is 0. The highest BCUT2D eigenvalue weighted by Crippen LogP contribution is 2.33. The quantitative estimate of drug-likeness (QED) is 0.612. The van der Waals surface area contributed by atoms with Crippen LogP contribution in [0.25, 0.3) is 21.3 Å². The highest BCUT2D eigenvalue weighted by atomic mass is 32.1. The average Bonchev–Trinajstić information content (AvgIpc) is 2.82. The molecule has 0 saturated carbocycles. The molecule has 2 aromatic carbocycles. The molecule has 1 aromatic heterocycles. The molecule has 0 amide bonds. The van der Waals surface area contributed by atoms with Crippen molar-refractivity contribution >= 4 is 21.6 Å². The fraction of sp³-hybridized carbons (Fsp3) is 0.0714. The molecule has 0 radical (unpaired) electrons. The molecule has 1 heterocycles. The summed E-state index contributed by atoms with van der Waals surface area (Å²) in [6.45, 7) is 0. The molecule has 0 unspecified atom stereocenters. The monoisotopic (exact) mass is 279 g/mol. The first-order valence-electron chi connectivity index (χ1n) is 5.58. The van der Waals surface area contributed by atoms with Gasteiger partial charge in [0.05, 0.1) is 16.0 Å². The predicted molar refractivity (Wildman–Crippen MR) is 70.1 cm³/mol. The standard InChI is InChI=1S/C14H8F3NS/c15-14(16,17)10-7-5-9(6-8-10)13-11-3-1-2-4-12(11)19-18-13/h1-8H. The molecule has 0 bridgehead atoms. The van der Waals surface area contributed by atoms with Crippen molar-refractivity contribution in [3.05, 3.63) is 54.1 Å². The van der Waals surface area contributed by atoms with Gasteiger partial charge in [-0.25, -0.2) is 0 Å². The van der Waals surface area contributed by atoms with Crippen LogP contribution in [0, 0.1) is 0 Å². The summed E-state index contributed by atoms with van der Waals surface area (Å²) in [5.41, 5.74) is 0.788. The third-order valence-corrected chi connectivity index (χ3v) is 3.69. The topological polar surface area (TPSA) is 12.9 Å². The Morgan fingerprint density at radius 3 is 2.26 bits per heavy atom. The molecule has 0 N–H and O–H groups in total. The second-order valence-corrected chi connectivity index (χ2v) is 4.91. The van der Waals surface area contributed by atoms with Gasteiger partial charge in [-0.05, 0) is 29.7 Å². The SMILES string of the molecule is FC(F)(F)c1ccc(-c2nsc3ccccc23)cc1. The number of fused-ring (bicyclic) bond motifs is 1. The maximum absolute atomic E-state index is 12.5. The Hall–Kier alpha value is -1.88. The van der Waals surface area contributed by atoms with Crippen LogP contribution in [0.3, 0.4) is 0 Å². The van der Waals surface area contributed by atoms with Gasteiger partial charge in [0.1, 0.15) is 0 Å². The molecule has 1 nitrogen and oxygen atoms in total. The minimum atomic E-state index is -4.30. The molecule has 3 rings (SSSR count). The molecule has 0 fully saturated rings. The molecule has 0 aliphatic carbocycles. The van der Waals surface area contributed by atoms with E-state index in [0.29, 0.717) is 5.56 Å². The smallest absolute Gasteiger partial charge is 0.191 e. The van der Waals surface area contributed by atoms with Crippen molar-refractivity contribution in [2.75, 3.05) is 0 Å². The zero-order valence-electron chi connectivity index (χ0n) is 9.61. The third-order valence-electron chi connectivity index (χ3n) is 2.86. The number of halogens is 3. The first kappa shape index (κ1) is 12.2. The van der Waals surface area contributed by atoms with Crippen LogP contribution in [-0.2, 0) is 6.18 Å². The van der Waals surface area contributed by atoms with Gasteiger partial charge in [-0.1, -0.05) is 30.3 Å². The van der Waals surface area contributed by atoms with Crippen LogP contribution in [0.5, 0.6) is 0 Å². The molecule has 5 heteroatoms. The summed E-state index contributed by atoms with van der Waals surface area (Å²) in [7, 11) is 0. The van der Waals surface area contributed by atoms with Crippen molar-refractivity contribution < 1.29 is 13.2 Å². The molecule has 0 aliphatic heterocycles. The lowest BCUT2D eigenvalue weighted by molar-refractivity contribution is -0.137. The van der Waals surface area contributed by atoms with E-state index in [0.717, 1.165) is 27.9 Å². The Kier molecular flexibility index (Phi) is 2.78. The van der Waals surface area contributed by atoms with Gasteiger partial charge in [-0.15, -0.1) is 0 Å². The van der Waals surface area contributed by atoms with Gasteiger partial charge in [0.2, 0.25) is 0 Å². The van der Waals surface area contributed by atoms with Gasteiger partial charge in [-0.2, -0.15) is 17.5 Å². The van der Waals surface area contributed by atoms with Crippen LogP contribution >= 0.6 is 11.5 Å². The van der Waals surface area contributed by atoms with Crippen molar-refractivity contribution in [1.82, 2.24) is 4.37 Å². The van der Waals surface area contributed by atoms with Crippen molar-refractivity contribution in [2.45, 2.75) is 6.18 Å². The minimum absolute atomic E-state index is 0.643. The molecule has 0 atom stereocenters. The van der Waals surface area contributed by atoms with Crippen LogP contribution in [0.4, 0.5) is 13.2 Å². The number of alkyl halides is 3. The lowest BCUT2D eigenvalue weighted by Crippen LogP contribution is -2.03. The van der Waals surface area contributed by atoms with Gasteiger partial charge in [-0.3, -0.25) is 0 Å². The van der Waals surface area contributed by atoms with Crippen molar-refractivity contribution in [3.63, 3.8) is 0 Å². The van der Waals surface area contributed by atoms with Gasteiger partial charge in [0.25, 0.3) is 0 Å². The summed E-state index contributed by atoms with van der Waals surface area (Å²) in [5, 5.41) is 0.965. The number of rotatable bonds is 1. The normalized spacial score (nSPS) is 11.9. The van der Waals surface area contributed by atoms with E-state index >= 15 is 0 Å². The van der Waals surface area contributed by atoms with E-state index in [2.05, 4.69) is 4.37 Å². The van der Waals surface area contributed by atoms with Crippen molar-refractivity contribution in [1.29, 1.82) is 0 Å². The van der Waals surface area contributed by atoms with Crippen LogP contribution in [0.1, 0.15) is 5.56 Å². The average molecular weight is 279 g/mol. The Bertz CT molecular complexity index is 713. The van der Waals surface area contributed by atoms with Crippen LogP contribution < -0.4 is 0 Å². The van der Waals surface area contributed by atoms with Crippen molar-refractivity contribution in [2.24, 2.45) is 0 Å². The van der Waals surface area contributed by atoms with Gasteiger partial charge in [0.15, 0.2) is 0 Å². The zero-order valence-corrected chi connectivity index (χ0v) is 10.4. The number of benzene rings is 2. The first-order valence-corrected chi connectivity index (χ1v) is 6.35. The summed E-state index contributed by atoms with van der Waals surface area (Å²) in [6.07, 6.45) is -4.30. The lowest BCUT2D eigenvalue weighted by Gasteiger charge is -2.06. The van der Waals surface area contributed by atoms with Gasteiger partial charge < -0.3 is 0 Å². The van der Waals surface area contributed by atoms with E-state index in [-0.39, 0.29) is 0 Å². The molecule has 19 heavy (non-hydrogen) atoms. The Balaban J connectivity index is 2.07. The van der Waals surface area contributed by atoms with E-state index in [1.165, 1.54) is 23.7 Å². The molecule has 0 aliphatic rings. The predicted octanol–water partition coefficient (Wildman–Crippen LogP) is 4.98. The molecular formula is C14H8F3NS. The van der Waals surface area contributed by atoms with E-state index < -0.39 is 11.7 Å². The third kappa shape index (κ3) is 2.21. The number of nitrogens with zero attached hydrogens (tertiary/aromatic N) is 1. The van der Waals surface area contributed by atoms with Crippen LogP contribution in [0.15, 0.2) is 48.5 Å². The first-order chi connectivity index (χ1) is 9.05. The minimum Gasteiger partial charge on any atom is -0.191 e. The van der Waals surface area contributed by atoms with Gasteiger partial charge in [0, 0.05) is 10.9 Å². The molecular weight excluding hydrogens is 271 g/mol. The maximum Gasteiger partial charge on any atom is 0.416 e. The summed E-state index contributed by atoms with van der Waals surface area (Å²) in [6, 6.07) is 12.8. The van der Waals surface area contributed by atoms with E-state index in [9.17, 15) is 13.2 Å². The van der Waals surface area contributed by atoms with E-state index in [1.807, 2.05) is 24.3 Å². The second kappa shape index (κ2) is 4.35. The molecule has 0 spiro atoms. The maximum atomic E-state index is 12.5. The Labute approximate surface area is 111 Å². The highest BCUT2D eigenvalue weighted by Gasteiger charge is 2.30. The van der Waals surface area contributed by atoms with Gasteiger partial charge >= 0.3 is 6.18 Å². The second-order valence-electron chi connectivity index (χ2n) is 4.10. The van der Waals surface area contributed by atoms with E-state index in [4.69, 9.17) is 0 Å². The largest absolute Gasteiger partial charge is 0.416 e. The zero-order chi connectivity index (χ0) is 13.5. The number of hydrogen-bond acceptors (Lipinski definition) is 2. The van der Waals surface area contributed by atoms with Crippen LogP contribution in [0.2, 0.25) is 0 Å². The highest BCUT2D eigenvalue weighted by molar-refractivity contribution is 7.13. The fourth-order valence-electron chi connectivity index (χ4n) is 1.91. The summed E-state index contributed by atoms with van der Waals surface area (Å²) < 4.78 is 42.8. The Morgan fingerprint density at radius 1 is 0.895 bits per heavy atom. The molecule has 96 valence electrons. The van der Waals surface area contributed by atoms with E-state index in [1.54, 1.807) is 0 Å². The Morgan fingerprint density at radius 2 is 1.58 bits per heavy atom. The summed E-state index contributed by atoms with van der Waals surface area (Å²) >= 11 is 1.35. The number of aromatic nitrogens is 1. The van der Waals surface area contributed by atoms with Crippen molar-refractivity contribution in [3.8, 4) is 11.3 Å². The van der Waals surface area contributed by atoms with Crippen LogP contribution in [-0.4, -0.2) is 4.37 Å². The fourth-order valence-corrected chi connectivity index (χ4v) is 2.71.